The summed E-state index contributed by atoms with van der Waals surface area (Å²) in [5.41, 5.74) is 1.59. The fourth-order valence-corrected chi connectivity index (χ4v) is 3.96. The predicted octanol–water partition coefficient (Wildman–Crippen LogP) is 4.12. The van der Waals surface area contributed by atoms with Crippen LogP contribution in [0.5, 0.6) is 11.5 Å². The number of fused-ring (bicyclic) bond motifs is 2. The molecule has 2 aliphatic heterocycles. The third-order valence-electron chi connectivity index (χ3n) is 5.42. The summed E-state index contributed by atoms with van der Waals surface area (Å²) in [5.74, 6) is 1.11. The quantitative estimate of drug-likeness (QED) is 0.819. The third-order valence-corrected chi connectivity index (χ3v) is 5.42. The minimum absolute atomic E-state index is 0.0295. The van der Waals surface area contributed by atoms with Crippen LogP contribution >= 0.6 is 0 Å². The summed E-state index contributed by atoms with van der Waals surface area (Å²) in [5, 5.41) is 5.56. The van der Waals surface area contributed by atoms with E-state index in [1.807, 2.05) is 17.0 Å². The molecular formula is C22H25N3O4. The van der Waals surface area contributed by atoms with Crippen molar-refractivity contribution < 1.29 is 19.1 Å². The first-order valence-electron chi connectivity index (χ1n) is 9.94. The number of anilines is 2. The molecule has 0 radical (unpaired) electrons. The van der Waals surface area contributed by atoms with Gasteiger partial charge in [-0.2, -0.15) is 0 Å². The normalized spacial score (nSPS) is 18.4. The molecule has 0 spiro atoms. The number of piperidine rings is 1. The van der Waals surface area contributed by atoms with E-state index in [0.717, 1.165) is 32.2 Å². The van der Waals surface area contributed by atoms with Crippen molar-refractivity contribution in [3.63, 3.8) is 0 Å². The Labute approximate surface area is 170 Å². The van der Waals surface area contributed by atoms with Crippen LogP contribution in [0.2, 0.25) is 0 Å². The predicted molar refractivity (Wildman–Crippen MR) is 111 cm³/mol. The lowest BCUT2D eigenvalue weighted by atomic mass is 9.97. The second-order valence-corrected chi connectivity index (χ2v) is 7.28. The minimum atomic E-state index is -0.412. The Hall–Kier alpha value is -3.22. The summed E-state index contributed by atoms with van der Waals surface area (Å²) in [6, 6.07) is 12.2. The Balaban J connectivity index is 1.52. The Morgan fingerprint density at radius 3 is 2.86 bits per heavy atom. The number of carbonyl (C=O) groups excluding carboxylic acids is 2. The van der Waals surface area contributed by atoms with Gasteiger partial charge in [-0.3, -0.25) is 4.79 Å². The Morgan fingerprint density at radius 2 is 2.00 bits per heavy atom. The molecule has 7 heteroatoms. The van der Waals surface area contributed by atoms with Gasteiger partial charge >= 0.3 is 6.03 Å². The molecule has 2 heterocycles. The smallest absolute Gasteiger partial charge is 0.323 e. The highest BCUT2D eigenvalue weighted by Gasteiger charge is 2.31. The first-order valence-corrected chi connectivity index (χ1v) is 9.94. The first-order chi connectivity index (χ1) is 14.2. The van der Waals surface area contributed by atoms with Gasteiger partial charge in [0, 0.05) is 24.7 Å². The van der Waals surface area contributed by atoms with E-state index in [1.165, 1.54) is 0 Å². The number of urea groups is 1. The molecule has 0 aromatic heterocycles. The maximum absolute atomic E-state index is 13.1. The monoisotopic (exact) mass is 395 g/mol. The summed E-state index contributed by atoms with van der Waals surface area (Å²) in [6.07, 6.45) is 4.04. The first kappa shape index (κ1) is 19.1. The molecule has 152 valence electrons. The molecule has 2 aliphatic rings. The Bertz CT molecular complexity index is 915. The van der Waals surface area contributed by atoms with Crippen LogP contribution in [-0.4, -0.2) is 43.1 Å². The summed E-state index contributed by atoms with van der Waals surface area (Å²) in [4.78, 5) is 27.5. The number of para-hydroxylation sites is 2. The molecule has 1 saturated heterocycles. The van der Waals surface area contributed by atoms with Crippen LogP contribution in [0.4, 0.5) is 16.2 Å². The van der Waals surface area contributed by atoms with Gasteiger partial charge in [0.25, 0.3) is 5.91 Å². The van der Waals surface area contributed by atoms with Gasteiger partial charge in [-0.1, -0.05) is 12.1 Å². The number of nitrogens with one attached hydrogen (secondary N) is 2. The zero-order valence-electron chi connectivity index (χ0n) is 16.4. The average molecular weight is 395 g/mol. The third kappa shape index (κ3) is 4.13. The van der Waals surface area contributed by atoms with Crippen LogP contribution in [0.1, 0.15) is 36.0 Å². The SMILES string of the molecule is COc1ccccc1NC(=O)Nc1ccc2c(c1)C(=O)N1CCCCC1CCO2. The van der Waals surface area contributed by atoms with Crippen molar-refractivity contribution >= 4 is 23.3 Å². The number of hydrogen-bond donors (Lipinski definition) is 2. The number of nitrogens with zero attached hydrogens (tertiary/aromatic N) is 1. The van der Waals surface area contributed by atoms with Crippen LogP contribution in [0.15, 0.2) is 42.5 Å². The lowest BCUT2D eigenvalue weighted by Crippen LogP contribution is -2.45. The average Bonchev–Trinajstić information content (AvgIpc) is 2.74. The second kappa shape index (κ2) is 8.43. The zero-order valence-corrected chi connectivity index (χ0v) is 16.4. The van der Waals surface area contributed by atoms with E-state index in [-0.39, 0.29) is 11.9 Å². The van der Waals surface area contributed by atoms with Crippen molar-refractivity contribution in [1.29, 1.82) is 0 Å². The molecule has 1 atom stereocenters. The Morgan fingerprint density at radius 1 is 1.14 bits per heavy atom. The lowest BCUT2D eigenvalue weighted by Gasteiger charge is -2.37. The van der Waals surface area contributed by atoms with E-state index in [0.29, 0.717) is 35.0 Å². The van der Waals surface area contributed by atoms with Crippen LogP contribution in [0, 0.1) is 0 Å². The molecule has 29 heavy (non-hydrogen) atoms. The van der Waals surface area contributed by atoms with Crippen molar-refractivity contribution in [3.8, 4) is 11.5 Å². The van der Waals surface area contributed by atoms with E-state index in [2.05, 4.69) is 10.6 Å². The number of methoxy groups -OCH3 is 1. The molecule has 1 unspecified atom stereocenters. The van der Waals surface area contributed by atoms with E-state index in [4.69, 9.17) is 9.47 Å². The molecule has 0 bridgehead atoms. The molecule has 7 nitrogen and oxygen atoms in total. The number of amides is 3. The summed E-state index contributed by atoms with van der Waals surface area (Å²) < 4.78 is 11.1. The molecule has 2 aromatic carbocycles. The topological polar surface area (TPSA) is 79.9 Å². The molecule has 4 rings (SSSR count). The van der Waals surface area contributed by atoms with E-state index in [1.54, 1.807) is 37.4 Å². The Kier molecular flexibility index (Phi) is 5.55. The van der Waals surface area contributed by atoms with Crippen LogP contribution in [0.25, 0.3) is 0 Å². The van der Waals surface area contributed by atoms with Crippen molar-refractivity contribution in [2.24, 2.45) is 0 Å². The lowest BCUT2D eigenvalue weighted by molar-refractivity contribution is 0.0548. The molecule has 0 saturated carbocycles. The summed E-state index contributed by atoms with van der Waals surface area (Å²) in [6.45, 7) is 1.36. The van der Waals surface area contributed by atoms with Gasteiger partial charge in [-0.05, 0) is 49.6 Å². The van der Waals surface area contributed by atoms with Crippen LogP contribution in [-0.2, 0) is 0 Å². The van der Waals surface area contributed by atoms with Gasteiger partial charge in [-0.15, -0.1) is 0 Å². The van der Waals surface area contributed by atoms with Gasteiger partial charge < -0.3 is 25.0 Å². The molecular weight excluding hydrogens is 370 g/mol. The number of ether oxygens (including phenoxy) is 2. The number of rotatable bonds is 3. The van der Waals surface area contributed by atoms with Crippen molar-refractivity contribution in [2.45, 2.75) is 31.7 Å². The van der Waals surface area contributed by atoms with Crippen molar-refractivity contribution in [3.05, 3.63) is 48.0 Å². The maximum atomic E-state index is 13.1. The second-order valence-electron chi connectivity index (χ2n) is 7.28. The highest BCUT2D eigenvalue weighted by molar-refractivity contribution is 6.03. The van der Waals surface area contributed by atoms with E-state index in [9.17, 15) is 9.59 Å². The zero-order chi connectivity index (χ0) is 20.2. The molecule has 0 aliphatic carbocycles. The molecule has 2 aromatic rings. The van der Waals surface area contributed by atoms with Gasteiger partial charge in [0.1, 0.15) is 11.5 Å². The number of hydrogen-bond acceptors (Lipinski definition) is 4. The van der Waals surface area contributed by atoms with Crippen molar-refractivity contribution in [1.82, 2.24) is 4.90 Å². The fraction of sp³-hybridized carbons (Fsp3) is 0.364. The van der Waals surface area contributed by atoms with E-state index < -0.39 is 6.03 Å². The van der Waals surface area contributed by atoms with Crippen LogP contribution < -0.4 is 20.1 Å². The highest BCUT2D eigenvalue weighted by Crippen LogP contribution is 2.31. The molecule has 1 fully saturated rings. The van der Waals surface area contributed by atoms with Crippen molar-refractivity contribution in [2.75, 3.05) is 30.9 Å². The molecule has 2 N–H and O–H groups in total. The van der Waals surface area contributed by atoms with E-state index >= 15 is 0 Å². The van der Waals surface area contributed by atoms with Gasteiger partial charge in [0.15, 0.2) is 0 Å². The fourth-order valence-electron chi connectivity index (χ4n) is 3.96. The largest absolute Gasteiger partial charge is 0.495 e. The maximum Gasteiger partial charge on any atom is 0.323 e. The molecule has 3 amide bonds. The van der Waals surface area contributed by atoms with Crippen LogP contribution in [0.3, 0.4) is 0 Å². The number of benzene rings is 2. The summed E-state index contributed by atoms with van der Waals surface area (Å²) in [7, 11) is 1.55. The van der Waals surface area contributed by atoms with Gasteiger partial charge in [0.05, 0.1) is 25.0 Å². The highest BCUT2D eigenvalue weighted by atomic mass is 16.5. The minimum Gasteiger partial charge on any atom is -0.495 e. The standard InChI is InChI=1S/C22H25N3O4/c1-28-20-8-3-2-7-18(20)24-22(27)23-15-9-10-19-17(14-15)21(26)25-12-5-4-6-16(25)11-13-29-19/h2-3,7-10,14,16H,4-6,11-13H2,1H3,(H2,23,24,27). The van der Waals surface area contributed by atoms with Gasteiger partial charge in [0.2, 0.25) is 0 Å². The summed E-state index contributed by atoms with van der Waals surface area (Å²) >= 11 is 0. The number of carbonyl (C=O) groups is 2. The van der Waals surface area contributed by atoms with Gasteiger partial charge in [-0.25, -0.2) is 4.79 Å².